The summed E-state index contributed by atoms with van der Waals surface area (Å²) in [6.45, 7) is 2.69. The number of nitrogens with zero attached hydrogens (tertiary/aromatic N) is 2. The normalized spacial score (nSPS) is 16.9. The van der Waals surface area contributed by atoms with Crippen molar-refractivity contribution >= 4 is 32.8 Å². The number of nitrogens with one attached hydrogen (secondary N) is 1. The van der Waals surface area contributed by atoms with Crippen LogP contribution in [0.1, 0.15) is 12.5 Å². The molecular formula is C17H17N3O4S2. The maximum atomic E-state index is 12.8. The molecule has 1 aliphatic heterocycles. The summed E-state index contributed by atoms with van der Waals surface area (Å²) in [4.78, 5) is 0.137. The minimum atomic E-state index is -3.74. The van der Waals surface area contributed by atoms with Gasteiger partial charge in [0.15, 0.2) is 11.5 Å². The van der Waals surface area contributed by atoms with E-state index in [9.17, 15) is 8.42 Å². The van der Waals surface area contributed by atoms with Gasteiger partial charge in [0.2, 0.25) is 10.0 Å². The van der Waals surface area contributed by atoms with Crippen molar-refractivity contribution in [3.63, 3.8) is 0 Å². The molecule has 2 heterocycles. The number of hydrogen-bond donors (Lipinski definition) is 1. The Bertz CT molecular complexity index is 1050. The van der Waals surface area contributed by atoms with E-state index in [0.29, 0.717) is 35.6 Å². The lowest BCUT2D eigenvalue weighted by Gasteiger charge is -2.27. The summed E-state index contributed by atoms with van der Waals surface area (Å²) in [5.41, 5.74) is 1.88. The van der Waals surface area contributed by atoms with Crippen molar-refractivity contribution in [2.24, 2.45) is 0 Å². The Kier molecular flexibility index (Phi) is 4.51. The Labute approximate surface area is 155 Å². The molecule has 0 saturated carbocycles. The van der Waals surface area contributed by atoms with E-state index in [4.69, 9.17) is 9.47 Å². The lowest BCUT2D eigenvalue weighted by atomic mass is 10.0. The molecule has 1 aromatic heterocycles. The van der Waals surface area contributed by atoms with Gasteiger partial charge >= 0.3 is 0 Å². The quantitative estimate of drug-likeness (QED) is 0.718. The number of ether oxygens (including phenoxy) is 2. The van der Waals surface area contributed by atoms with Gasteiger partial charge < -0.3 is 9.47 Å². The van der Waals surface area contributed by atoms with Crippen molar-refractivity contribution in [3.8, 4) is 11.5 Å². The first-order valence-corrected chi connectivity index (χ1v) is 10.4. The van der Waals surface area contributed by atoms with Crippen molar-refractivity contribution in [2.45, 2.75) is 24.3 Å². The summed E-state index contributed by atoms with van der Waals surface area (Å²) in [6.07, 6.45) is 0.529. The van der Waals surface area contributed by atoms with Gasteiger partial charge in [-0.3, -0.25) is 0 Å². The SMILES string of the molecule is CCOc1cccc2c1OC[C@@H](NS(=O)(=O)c1cccc3nsnc13)C2. The van der Waals surface area contributed by atoms with Crippen molar-refractivity contribution in [3.05, 3.63) is 42.0 Å². The van der Waals surface area contributed by atoms with Crippen LogP contribution in [0.15, 0.2) is 41.3 Å². The van der Waals surface area contributed by atoms with E-state index >= 15 is 0 Å². The monoisotopic (exact) mass is 391 g/mol. The third-order valence-corrected chi connectivity index (χ3v) is 6.21. The van der Waals surface area contributed by atoms with Crippen LogP contribution in [0.4, 0.5) is 0 Å². The van der Waals surface area contributed by atoms with Gasteiger partial charge in [-0.2, -0.15) is 8.75 Å². The second-order valence-corrected chi connectivity index (χ2v) is 8.11. The van der Waals surface area contributed by atoms with Crippen LogP contribution < -0.4 is 14.2 Å². The lowest BCUT2D eigenvalue weighted by molar-refractivity contribution is 0.233. The van der Waals surface area contributed by atoms with Gasteiger partial charge in [-0.25, -0.2) is 13.1 Å². The van der Waals surface area contributed by atoms with Crippen LogP contribution in [0.3, 0.4) is 0 Å². The molecule has 0 fully saturated rings. The maximum absolute atomic E-state index is 12.8. The van der Waals surface area contributed by atoms with Gasteiger partial charge in [-0.15, -0.1) is 0 Å². The zero-order valence-corrected chi connectivity index (χ0v) is 15.6. The van der Waals surface area contributed by atoms with Crippen LogP contribution in [0, 0.1) is 0 Å². The summed E-state index contributed by atoms with van der Waals surface area (Å²) in [5, 5.41) is 0. The molecule has 0 unspecified atom stereocenters. The number of fused-ring (bicyclic) bond motifs is 2. The zero-order chi connectivity index (χ0) is 18.1. The highest BCUT2D eigenvalue weighted by atomic mass is 32.2. The average Bonchev–Trinajstić information content (AvgIpc) is 3.10. The van der Waals surface area contributed by atoms with Crippen LogP contribution in [0.2, 0.25) is 0 Å². The second-order valence-electron chi connectivity index (χ2n) is 5.90. The molecule has 0 bridgehead atoms. The van der Waals surface area contributed by atoms with E-state index in [1.54, 1.807) is 12.1 Å². The highest BCUT2D eigenvalue weighted by molar-refractivity contribution is 7.89. The molecule has 0 spiro atoms. The zero-order valence-electron chi connectivity index (χ0n) is 14.0. The molecule has 0 amide bonds. The first-order chi connectivity index (χ1) is 12.6. The molecule has 7 nitrogen and oxygen atoms in total. The molecule has 1 N–H and O–H groups in total. The predicted molar refractivity (Wildman–Crippen MR) is 98.3 cm³/mol. The fraction of sp³-hybridized carbons (Fsp3) is 0.294. The second kappa shape index (κ2) is 6.82. The third kappa shape index (κ3) is 3.13. The molecule has 0 aliphatic carbocycles. The van der Waals surface area contributed by atoms with Crippen LogP contribution in [-0.2, 0) is 16.4 Å². The molecule has 3 aromatic rings. The number of hydrogen-bond acceptors (Lipinski definition) is 7. The minimum Gasteiger partial charge on any atom is -0.490 e. The summed E-state index contributed by atoms with van der Waals surface area (Å²) < 4.78 is 48.0. The first-order valence-electron chi connectivity index (χ1n) is 8.19. The Morgan fingerprint density at radius 1 is 1.27 bits per heavy atom. The van der Waals surface area contributed by atoms with Crippen molar-refractivity contribution in [1.29, 1.82) is 0 Å². The van der Waals surface area contributed by atoms with Gasteiger partial charge in [0.1, 0.15) is 22.5 Å². The van der Waals surface area contributed by atoms with E-state index in [1.807, 2.05) is 25.1 Å². The number of sulfonamides is 1. The van der Waals surface area contributed by atoms with Gasteiger partial charge in [-0.1, -0.05) is 18.2 Å². The lowest BCUT2D eigenvalue weighted by Crippen LogP contribution is -2.42. The summed E-state index contributed by atoms with van der Waals surface area (Å²) in [7, 11) is -3.74. The molecule has 2 aromatic carbocycles. The topological polar surface area (TPSA) is 90.4 Å². The summed E-state index contributed by atoms with van der Waals surface area (Å²) >= 11 is 0.995. The molecule has 26 heavy (non-hydrogen) atoms. The smallest absolute Gasteiger partial charge is 0.243 e. The molecule has 4 rings (SSSR count). The van der Waals surface area contributed by atoms with Gasteiger partial charge in [-0.05, 0) is 37.1 Å². The number of aromatic nitrogens is 2. The van der Waals surface area contributed by atoms with E-state index in [2.05, 4.69) is 13.5 Å². The molecule has 136 valence electrons. The molecular weight excluding hydrogens is 374 g/mol. The highest BCUT2D eigenvalue weighted by Crippen LogP contribution is 2.35. The van der Waals surface area contributed by atoms with Crippen molar-refractivity contribution < 1.29 is 17.9 Å². The largest absolute Gasteiger partial charge is 0.490 e. The Morgan fingerprint density at radius 2 is 2.12 bits per heavy atom. The molecule has 0 saturated heterocycles. The van der Waals surface area contributed by atoms with Crippen molar-refractivity contribution in [1.82, 2.24) is 13.5 Å². The highest BCUT2D eigenvalue weighted by Gasteiger charge is 2.28. The summed E-state index contributed by atoms with van der Waals surface area (Å²) in [5.74, 6) is 1.38. The average molecular weight is 391 g/mol. The van der Waals surface area contributed by atoms with E-state index in [0.717, 1.165) is 17.3 Å². The van der Waals surface area contributed by atoms with Gasteiger partial charge in [0.05, 0.1) is 24.4 Å². The third-order valence-electron chi connectivity index (χ3n) is 4.12. The van der Waals surface area contributed by atoms with Crippen LogP contribution in [0.5, 0.6) is 11.5 Å². The number of para-hydroxylation sites is 1. The number of rotatable bonds is 5. The standard InChI is InChI=1S/C17H17N3O4S2/c1-2-23-14-7-3-5-11-9-12(10-24-17(11)14)20-26(21,22)15-8-4-6-13-16(15)19-25-18-13/h3-8,12,20H,2,9-10H2,1H3/t12-/m0/s1. The van der Waals surface area contributed by atoms with Crippen LogP contribution in [0.25, 0.3) is 11.0 Å². The minimum absolute atomic E-state index is 0.137. The fourth-order valence-electron chi connectivity index (χ4n) is 3.02. The molecule has 9 heteroatoms. The maximum Gasteiger partial charge on any atom is 0.243 e. The molecule has 1 aliphatic rings. The Morgan fingerprint density at radius 3 is 2.96 bits per heavy atom. The van der Waals surface area contributed by atoms with Gasteiger partial charge in [0, 0.05) is 0 Å². The van der Waals surface area contributed by atoms with E-state index in [1.165, 1.54) is 6.07 Å². The van der Waals surface area contributed by atoms with Crippen LogP contribution >= 0.6 is 11.7 Å². The van der Waals surface area contributed by atoms with Gasteiger partial charge in [0.25, 0.3) is 0 Å². The van der Waals surface area contributed by atoms with Crippen molar-refractivity contribution in [2.75, 3.05) is 13.2 Å². The summed E-state index contributed by atoms with van der Waals surface area (Å²) in [6, 6.07) is 10.2. The first kappa shape index (κ1) is 17.2. The molecule has 0 radical (unpaired) electrons. The number of benzene rings is 2. The fourth-order valence-corrected chi connectivity index (χ4v) is 5.01. The molecule has 1 atom stereocenters. The van der Waals surface area contributed by atoms with E-state index in [-0.39, 0.29) is 17.5 Å². The van der Waals surface area contributed by atoms with E-state index < -0.39 is 10.0 Å². The van der Waals surface area contributed by atoms with Crippen LogP contribution in [-0.4, -0.2) is 36.4 Å². The Hall–Kier alpha value is -2.23. The predicted octanol–water partition coefficient (Wildman–Crippen LogP) is 2.37. The Balaban J connectivity index is 1.59.